The molecule has 0 aromatic carbocycles. The van der Waals surface area contributed by atoms with Gasteiger partial charge in [0, 0.05) is 19.7 Å². The van der Waals surface area contributed by atoms with Gasteiger partial charge in [0.05, 0.1) is 5.02 Å². The number of hydrogen-bond donors (Lipinski definition) is 1. The van der Waals surface area contributed by atoms with Crippen LogP contribution in [0.2, 0.25) is 5.02 Å². The van der Waals surface area contributed by atoms with Gasteiger partial charge in [-0.05, 0) is 36.6 Å². The Morgan fingerprint density at radius 2 is 2.47 bits per heavy atom. The number of aliphatic hydroxyl groups is 1. The number of amides is 1. The van der Waals surface area contributed by atoms with Crippen molar-refractivity contribution in [1.29, 1.82) is 0 Å². The van der Waals surface area contributed by atoms with Crippen molar-refractivity contribution in [1.82, 2.24) is 4.90 Å². The van der Waals surface area contributed by atoms with Crippen LogP contribution in [0, 0.1) is 5.92 Å². The van der Waals surface area contributed by atoms with Crippen molar-refractivity contribution in [3.05, 3.63) is 21.3 Å². The molecule has 3 nitrogen and oxygen atoms in total. The molecule has 1 aromatic rings. The largest absolute Gasteiger partial charge is 0.396 e. The fourth-order valence-electron chi connectivity index (χ4n) is 2.26. The second kappa shape index (κ2) is 5.85. The Balaban J connectivity index is 2.02. The van der Waals surface area contributed by atoms with E-state index in [1.807, 2.05) is 10.3 Å². The molecule has 1 aliphatic heterocycles. The monoisotopic (exact) mass is 273 g/mol. The number of thiophene rings is 1. The van der Waals surface area contributed by atoms with Gasteiger partial charge >= 0.3 is 0 Å². The Morgan fingerprint density at radius 3 is 3.12 bits per heavy atom. The predicted molar refractivity (Wildman–Crippen MR) is 69.7 cm³/mol. The highest BCUT2D eigenvalue weighted by Crippen LogP contribution is 2.26. The summed E-state index contributed by atoms with van der Waals surface area (Å²) in [5.41, 5.74) is 0. The summed E-state index contributed by atoms with van der Waals surface area (Å²) >= 11 is 7.37. The molecule has 1 saturated heterocycles. The zero-order valence-corrected chi connectivity index (χ0v) is 11.1. The maximum absolute atomic E-state index is 12.2. The van der Waals surface area contributed by atoms with Crippen LogP contribution in [0.15, 0.2) is 11.4 Å². The maximum Gasteiger partial charge on any atom is 0.265 e. The standard InChI is InChI=1S/C12H16ClNO2S/c13-10-4-7-17-11(10)12(16)14-5-1-2-9(8-14)3-6-15/h4,7,9,15H,1-3,5-6,8H2. The van der Waals surface area contributed by atoms with E-state index in [1.54, 1.807) is 6.07 Å². The van der Waals surface area contributed by atoms with Gasteiger partial charge in [0.1, 0.15) is 4.88 Å². The number of rotatable bonds is 3. The number of aliphatic hydroxyl groups excluding tert-OH is 1. The van der Waals surface area contributed by atoms with Crippen molar-refractivity contribution in [2.75, 3.05) is 19.7 Å². The highest BCUT2D eigenvalue weighted by molar-refractivity contribution is 7.12. The first-order chi connectivity index (χ1) is 8.22. The van der Waals surface area contributed by atoms with Gasteiger partial charge in [-0.1, -0.05) is 11.6 Å². The number of carbonyl (C=O) groups is 1. The summed E-state index contributed by atoms with van der Waals surface area (Å²) in [6.07, 6.45) is 2.89. The minimum Gasteiger partial charge on any atom is -0.396 e. The van der Waals surface area contributed by atoms with Gasteiger partial charge in [0.25, 0.3) is 5.91 Å². The van der Waals surface area contributed by atoms with Gasteiger partial charge in [0.15, 0.2) is 0 Å². The molecule has 1 atom stereocenters. The summed E-state index contributed by atoms with van der Waals surface area (Å²) in [4.78, 5) is 14.7. The third-order valence-electron chi connectivity index (χ3n) is 3.15. The van der Waals surface area contributed by atoms with E-state index in [2.05, 4.69) is 0 Å². The molecule has 5 heteroatoms. The van der Waals surface area contributed by atoms with E-state index in [4.69, 9.17) is 16.7 Å². The van der Waals surface area contributed by atoms with Crippen LogP contribution in [0.1, 0.15) is 28.9 Å². The molecular formula is C12H16ClNO2S. The Morgan fingerprint density at radius 1 is 1.65 bits per heavy atom. The van der Waals surface area contributed by atoms with Crippen LogP contribution in [0.25, 0.3) is 0 Å². The molecule has 1 fully saturated rings. The summed E-state index contributed by atoms with van der Waals surface area (Å²) in [5, 5.41) is 11.3. The average Bonchev–Trinajstić information content (AvgIpc) is 2.75. The summed E-state index contributed by atoms with van der Waals surface area (Å²) in [5.74, 6) is 0.462. The smallest absolute Gasteiger partial charge is 0.265 e. The van der Waals surface area contributed by atoms with Crippen molar-refractivity contribution in [2.45, 2.75) is 19.3 Å². The summed E-state index contributed by atoms with van der Waals surface area (Å²) in [6.45, 7) is 1.75. The lowest BCUT2D eigenvalue weighted by molar-refractivity contribution is 0.0658. The predicted octanol–water partition coefficient (Wildman–Crippen LogP) is 2.64. The number of carbonyl (C=O) groups excluding carboxylic acids is 1. The summed E-state index contributed by atoms with van der Waals surface area (Å²) in [7, 11) is 0. The quantitative estimate of drug-likeness (QED) is 0.920. The van der Waals surface area contributed by atoms with Crippen LogP contribution >= 0.6 is 22.9 Å². The third-order valence-corrected chi connectivity index (χ3v) is 4.48. The Bertz CT molecular complexity index is 392. The van der Waals surface area contributed by atoms with Gasteiger partial charge in [-0.25, -0.2) is 0 Å². The molecule has 0 saturated carbocycles. The van der Waals surface area contributed by atoms with Gasteiger partial charge in [-0.15, -0.1) is 11.3 Å². The fraction of sp³-hybridized carbons (Fsp3) is 0.583. The van der Waals surface area contributed by atoms with E-state index in [0.717, 1.165) is 32.4 Å². The maximum atomic E-state index is 12.2. The molecule has 2 rings (SSSR count). The molecule has 2 heterocycles. The van der Waals surface area contributed by atoms with Gasteiger partial charge < -0.3 is 10.0 Å². The SMILES string of the molecule is O=C(c1sccc1Cl)N1CCCC(CCO)C1. The molecule has 1 aromatic heterocycles. The van der Waals surface area contributed by atoms with Crippen molar-refractivity contribution < 1.29 is 9.90 Å². The van der Waals surface area contributed by atoms with E-state index in [1.165, 1.54) is 11.3 Å². The van der Waals surface area contributed by atoms with Gasteiger partial charge in [-0.2, -0.15) is 0 Å². The minimum atomic E-state index is 0.0349. The molecule has 17 heavy (non-hydrogen) atoms. The first kappa shape index (κ1) is 12.9. The van der Waals surface area contributed by atoms with Crippen LogP contribution in [-0.4, -0.2) is 35.6 Å². The second-order valence-electron chi connectivity index (χ2n) is 4.37. The van der Waals surface area contributed by atoms with E-state index >= 15 is 0 Å². The lowest BCUT2D eigenvalue weighted by Gasteiger charge is -2.32. The Labute approximate surface area is 110 Å². The topological polar surface area (TPSA) is 40.5 Å². The van der Waals surface area contributed by atoms with E-state index in [0.29, 0.717) is 15.8 Å². The van der Waals surface area contributed by atoms with Gasteiger partial charge in [0.2, 0.25) is 0 Å². The number of hydrogen-bond acceptors (Lipinski definition) is 3. The highest BCUT2D eigenvalue weighted by Gasteiger charge is 2.25. The van der Waals surface area contributed by atoms with Crippen LogP contribution in [0.5, 0.6) is 0 Å². The molecular weight excluding hydrogens is 258 g/mol. The molecule has 0 aliphatic carbocycles. The fourth-order valence-corrected chi connectivity index (χ4v) is 3.36. The van der Waals surface area contributed by atoms with E-state index in [9.17, 15) is 4.79 Å². The molecule has 1 unspecified atom stereocenters. The Kier molecular flexibility index (Phi) is 4.42. The zero-order valence-electron chi connectivity index (χ0n) is 9.56. The second-order valence-corrected chi connectivity index (χ2v) is 5.69. The van der Waals surface area contributed by atoms with Crippen molar-refractivity contribution in [2.24, 2.45) is 5.92 Å². The number of likely N-dealkylation sites (tertiary alicyclic amines) is 1. The molecule has 1 amide bonds. The highest BCUT2D eigenvalue weighted by atomic mass is 35.5. The molecule has 0 bridgehead atoms. The minimum absolute atomic E-state index is 0.0349. The number of piperidine rings is 1. The molecule has 0 spiro atoms. The van der Waals surface area contributed by atoms with Crippen LogP contribution < -0.4 is 0 Å². The van der Waals surface area contributed by atoms with Crippen molar-refractivity contribution in [3.8, 4) is 0 Å². The van der Waals surface area contributed by atoms with Crippen LogP contribution in [-0.2, 0) is 0 Å². The summed E-state index contributed by atoms with van der Waals surface area (Å²) in [6, 6.07) is 1.76. The van der Waals surface area contributed by atoms with Crippen molar-refractivity contribution in [3.63, 3.8) is 0 Å². The van der Waals surface area contributed by atoms with E-state index in [-0.39, 0.29) is 12.5 Å². The number of halogens is 1. The first-order valence-corrected chi connectivity index (χ1v) is 7.11. The summed E-state index contributed by atoms with van der Waals surface area (Å²) < 4.78 is 0. The molecule has 94 valence electrons. The average molecular weight is 274 g/mol. The van der Waals surface area contributed by atoms with Crippen LogP contribution in [0.3, 0.4) is 0 Å². The zero-order chi connectivity index (χ0) is 12.3. The molecule has 1 N–H and O–H groups in total. The molecule has 1 aliphatic rings. The third kappa shape index (κ3) is 3.00. The van der Waals surface area contributed by atoms with Crippen LogP contribution in [0.4, 0.5) is 0 Å². The lowest BCUT2D eigenvalue weighted by atomic mass is 9.95. The van der Waals surface area contributed by atoms with Gasteiger partial charge in [-0.3, -0.25) is 4.79 Å². The van der Waals surface area contributed by atoms with Crippen molar-refractivity contribution >= 4 is 28.8 Å². The number of nitrogens with zero attached hydrogens (tertiary/aromatic N) is 1. The van der Waals surface area contributed by atoms with E-state index < -0.39 is 0 Å². The lowest BCUT2D eigenvalue weighted by Crippen LogP contribution is -2.39. The Hall–Kier alpha value is -0.580. The molecule has 0 radical (unpaired) electrons. The normalized spacial score (nSPS) is 20.6. The first-order valence-electron chi connectivity index (χ1n) is 5.85.